The smallest absolute Gasteiger partial charge is 0.238 e. The summed E-state index contributed by atoms with van der Waals surface area (Å²) < 4.78 is 39.0. The highest BCUT2D eigenvalue weighted by atomic mass is 19.2. The second-order valence-corrected chi connectivity index (χ2v) is 4.37. The van der Waals surface area contributed by atoms with E-state index >= 15 is 0 Å². The number of hydrogen-bond donors (Lipinski definition) is 2. The molecule has 1 amide bonds. The summed E-state index contributed by atoms with van der Waals surface area (Å²) in [7, 11) is 0. The molecule has 98 valence electrons. The maximum absolute atomic E-state index is 13.2. The number of amides is 1. The van der Waals surface area contributed by atoms with Crippen molar-refractivity contribution in [2.75, 3.05) is 18.4 Å². The van der Waals surface area contributed by atoms with Gasteiger partial charge in [0.2, 0.25) is 5.91 Å². The van der Waals surface area contributed by atoms with Gasteiger partial charge >= 0.3 is 0 Å². The molecule has 2 rings (SSSR count). The molecular weight excluding hydrogens is 245 g/mol. The van der Waals surface area contributed by atoms with E-state index in [1.807, 2.05) is 0 Å². The van der Waals surface area contributed by atoms with Crippen molar-refractivity contribution >= 4 is 11.6 Å². The predicted octanol–water partition coefficient (Wildman–Crippen LogP) is 2.04. The molecule has 0 aliphatic heterocycles. The van der Waals surface area contributed by atoms with Gasteiger partial charge in [-0.1, -0.05) is 0 Å². The Labute approximate surface area is 102 Å². The first kappa shape index (κ1) is 12.9. The van der Waals surface area contributed by atoms with Gasteiger partial charge in [0.25, 0.3) is 0 Å². The van der Waals surface area contributed by atoms with Crippen LogP contribution in [0.5, 0.6) is 0 Å². The van der Waals surface area contributed by atoms with E-state index in [2.05, 4.69) is 10.6 Å². The Balaban J connectivity index is 1.89. The molecule has 0 heterocycles. The number of rotatable bonds is 5. The van der Waals surface area contributed by atoms with Crippen molar-refractivity contribution in [3.8, 4) is 0 Å². The van der Waals surface area contributed by atoms with Crippen molar-refractivity contribution in [2.45, 2.75) is 12.8 Å². The molecule has 6 heteroatoms. The van der Waals surface area contributed by atoms with Gasteiger partial charge in [0, 0.05) is 12.1 Å². The second-order valence-electron chi connectivity index (χ2n) is 4.37. The van der Waals surface area contributed by atoms with Gasteiger partial charge in [-0.15, -0.1) is 0 Å². The highest BCUT2D eigenvalue weighted by Gasteiger charge is 2.20. The molecule has 1 fully saturated rings. The summed E-state index contributed by atoms with van der Waals surface area (Å²) in [4.78, 5) is 11.4. The fourth-order valence-corrected chi connectivity index (χ4v) is 1.55. The van der Waals surface area contributed by atoms with Crippen molar-refractivity contribution in [2.24, 2.45) is 5.92 Å². The number of benzene rings is 1. The van der Waals surface area contributed by atoms with Crippen molar-refractivity contribution in [1.29, 1.82) is 0 Å². The molecule has 0 unspecified atom stereocenters. The Kier molecular flexibility index (Phi) is 3.86. The molecule has 1 aliphatic rings. The SMILES string of the molecule is O=C(CNCC1CC1)Nc1cc(F)cc(F)c1F. The molecule has 2 N–H and O–H groups in total. The lowest BCUT2D eigenvalue weighted by atomic mass is 10.2. The van der Waals surface area contributed by atoms with E-state index in [4.69, 9.17) is 0 Å². The van der Waals surface area contributed by atoms with Gasteiger partial charge in [-0.2, -0.15) is 0 Å². The summed E-state index contributed by atoms with van der Waals surface area (Å²) in [6.45, 7) is 0.724. The Hall–Kier alpha value is -1.56. The fourth-order valence-electron chi connectivity index (χ4n) is 1.55. The van der Waals surface area contributed by atoms with E-state index in [1.54, 1.807) is 0 Å². The molecule has 1 saturated carbocycles. The first-order chi connectivity index (χ1) is 8.56. The molecule has 1 aromatic rings. The molecule has 18 heavy (non-hydrogen) atoms. The van der Waals surface area contributed by atoms with Crippen molar-refractivity contribution in [1.82, 2.24) is 5.32 Å². The predicted molar refractivity (Wildman–Crippen MR) is 60.5 cm³/mol. The van der Waals surface area contributed by atoms with Crippen LogP contribution in [0, 0.1) is 23.4 Å². The fraction of sp³-hybridized carbons (Fsp3) is 0.417. The number of carbonyl (C=O) groups is 1. The second kappa shape index (κ2) is 5.39. The van der Waals surface area contributed by atoms with Crippen molar-refractivity contribution in [3.63, 3.8) is 0 Å². The zero-order valence-corrected chi connectivity index (χ0v) is 9.60. The molecule has 0 saturated heterocycles. The lowest BCUT2D eigenvalue weighted by Gasteiger charge is -2.08. The summed E-state index contributed by atoms with van der Waals surface area (Å²) in [5.74, 6) is -3.43. The number of carbonyl (C=O) groups excluding carboxylic acids is 1. The zero-order chi connectivity index (χ0) is 13.1. The third-order valence-corrected chi connectivity index (χ3v) is 2.68. The van der Waals surface area contributed by atoms with Crippen molar-refractivity contribution < 1.29 is 18.0 Å². The van der Waals surface area contributed by atoms with Crippen LogP contribution in [-0.2, 0) is 4.79 Å². The van der Waals surface area contributed by atoms with Crippen LogP contribution < -0.4 is 10.6 Å². The maximum Gasteiger partial charge on any atom is 0.238 e. The van der Waals surface area contributed by atoms with Gasteiger partial charge in [0.1, 0.15) is 5.82 Å². The van der Waals surface area contributed by atoms with Crippen LogP contribution in [0.15, 0.2) is 12.1 Å². The standard InChI is InChI=1S/C12H13F3N2O/c13-8-3-9(14)12(15)10(4-8)17-11(18)6-16-5-7-1-2-7/h3-4,7,16H,1-2,5-6H2,(H,17,18). The minimum absolute atomic E-state index is 0.00588. The Morgan fingerprint density at radius 1 is 1.28 bits per heavy atom. The molecule has 0 radical (unpaired) electrons. The van der Waals surface area contributed by atoms with Crippen LogP contribution >= 0.6 is 0 Å². The molecule has 0 atom stereocenters. The molecule has 3 nitrogen and oxygen atoms in total. The summed E-state index contributed by atoms with van der Waals surface area (Å²) in [5.41, 5.74) is -0.481. The number of anilines is 1. The van der Waals surface area contributed by atoms with E-state index in [9.17, 15) is 18.0 Å². The third kappa shape index (κ3) is 3.46. The van der Waals surface area contributed by atoms with Gasteiger partial charge in [-0.25, -0.2) is 13.2 Å². The third-order valence-electron chi connectivity index (χ3n) is 2.68. The van der Waals surface area contributed by atoms with Gasteiger partial charge < -0.3 is 10.6 Å². The molecule has 1 aliphatic carbocycles. The lowest BCUT2D eigenvalue weighted by molar-refractivity contribution is -0.115. The average Bonchev–Trinajstić information content (AvgIpc) is 3.09. The molecular formula is C12H13F3N2O. The summed E-state index contributed by atoms with van der Waals surface area (Å²) in [5, 5.41) is 5.02. The van der Waals surface area contributed by atoms with Gasteiger partial charge in [-0.3, -0.25) is 4.79 Å². The van der Waals surface area contributed by atoms with Gasteiger partial charge in [-0.05, 0) is 25.3 Å². The summed E-state index contributed by atoms with van der Waals surface area (Å²) >= 11 is 0. The minimum atomic E-state index is -1.32. The van der Waals surface area contributed by atoms with Crippen LogP contribution in [0.2, 0.25) is 0 Å². The number of nitrogens with one attached hydrogen (secondary N) is 2. The number of halogens is 3. The van der Waals surface area contributed by atoms with E-state index in [-0.39, 0.29) is 6.54 Å². The first-order valence-corrected chi connectivity index (χ1v) is 5.71. The monoisotopic (exact) mass is 258 g/mol. The van der Waals surface area contributed by atoms with E-state index < -0.39 is 29.0 Å². The highest BCUT2D eigenvalue weighted by Crippen LogP contribution is 2.27. The largest absolute Gasteiger partial charge is 0.322 e. The van der Waals surface area contributed by atoms with Crippen LogP contribution in [0.25, 0.3) is 0 Å². The molecule has 1 aromatic carbocycles. The zero-order valence-electron chi connectivity index (χ0n) is 9.60. The number of hydrogen-bond acceptors (Lipinski definition) is 2. The van der Waals surface area contributed by atoms with E-state index in [1.165, 1.54) is 0 Å². The molecule has 0 spiro atoms. The maximum atomic E-state index is 13.2. The van der Waals surface area contributed by atoms with Gasteiger partial charge in [0.15, 0.2) is 11.6 Å². The van der Waals surface area contributed by atoms with Crippen molar-refractivity contribution in [3.05, 3.63) is 29.6 Å². The summed E-state index contributed by atoms with van der Waals surface area (Å²) in [6, 6.07) is 1.17. The van der Waals surface area contributed by atoms with Crippen LogP contribution in [0.3, 0.4) is 0 Å². The molecule has 0 bridgehead atoms. The van der Waals surface area contributed by atoms with Crippen LogP contribution in [-0.4, -0.2) is 19.0 Å². The summed E-state index contributed by atoms with van der Waals surface area (Å²) in [6.07, 6.45) is 2.30. The molecule has 0 aromatic heterocycles. The van der Waals surface area contributed by atoms with Gasteiger partial charge in [0.05, 0.1) is 12.2 Å². The topological polar surface area (TPSA) is 41.1 Å². The highest BCUT2D eigenvalue weighted by molar-refractivity contribution is 5.92. The quantitative estimate of drug-likeness (QED) is 0.793. The van der Waals surface area contributed by atoms with Crippen LogP contribution in [0.1, 0.15) is 12.8 Å². The van der Waals surface area contributed by atoms with E-state index in [0.717, 1.165) is 25.5 Å². The van der Waals surface area contributed by atoms with E-state index in [0.29, 0.717) is 12.0 Å². The first-order valence-electron chi connectivity index (χ1n) is 5.71. The normalized spacial score (nSPS) is 14.6. The lowest BCUT2D eigenvalue weighted by Crippen LogP contribution is -2.29. The Morgan fingerprint density at radius 2 is 2.00 bits per heavy atom. The minimum Gasteiger partial charge on any atom is -0.322 e. The Morgan fingerprint density at radius 3 is 2.67 bits per heavy atom. The average molecular weight is 258 g/mol. The Bertz CT molecular complexity index is 461. The van der Waals surface area contributed by atoms with Crippen LogP contribution in [0.4, 0.5) is 18.9 Å².